The van der Waals surface area contributed by atoms with Gasteiger partial charge in [0.1, 0.15) is 0 Å². The van der Waals surface area contributed by atoms with Gasteiger partial charge in [0.2, 0.25) is 0 Å². The number of hydrogen-bond donors (Lipinski definition) is 2. The molecular weight excluding hydrogens is 290 g/mol. The summed E-state index contributed by atoms with van der Waals surface area (Å²) in [5.41, 5.74) is 3.47. The standard InChI is InChI=1S/C18H23N3O2/c1-13(12-23-3)21-18(22)16-8-6-9-17(14(16)2)20-11-15-7-4-5-10-19-15/h4-10,13,20H,11-12H2,1-3H3,(H,21,22)/t13-/m1/s1. The van der Waals surface area contributed by atoms with Gasteiger partial charge in [0.25, 0.3) is 5.91 Å². The fourth-order valence-electron chi connectivity index (χ4n) is 2.35. The third kappa shape index (κ3) is 4.79. The normalized spacial score (nSPS) is 11.8. The molecule has 2 rings (SSSR count). The number of carbonyl (C=O) groups is 1. The second-order valence-electron chi connectivity index (χ2n) is 5.48. The minimum Gasteiger partial charge on any atom is -0.383 e. The molecule has 0 spiro atoms. The summed E-state index contributed by atoms with van der Waals surface area (Å²) in [6, 6.07) is 11.5. The average Bonchev–Trinajstić information content (AvgIpc) is 2.55. The number of pyridine rings is 1. The van der Waals surface area contributed by atoms with Crippen molar-refractivity contribution in [2.45, 2.75) is 26.4 Å². The highest BCUT2D eigenvalue weighted by Crippen LogP contribution is 2.19. The molecule has 1 aromatic heterocycles. The van der Waals surface area contributed by atoms with Gasteiger partial charge in [-0.05, 0) is 43.7 Å². The summed E-state index contributed by atoms with van der Waals surface area (Å²) in [5, 5.41) is 6.27. The van der Waals surface area contributed by atoms with Crippen molar-refractivity contribution in [2.24, 2.45) is 0 Å². The molecule has 0 aliphatic heterocycles. The molecule has 2 N–H and O–H groups in total. The molecule has 1 atom stereocenters. The molecule has 1 amide bonds. The van der Waals surface area contributed by atoms with Gasteiger partial charge in [-0.25, -0.2) is 0 Å². The zero-order valence-corrected chi connectivity index (χ0v) is 13.8. The Bertz CT molecular complexity index is 644. The Morgan fingerprint density at radius 3 is 2.78 bits per heavy atom. The van der Waals surface area contributed by atoms with E-state index < -0.39 is 0 Å². The lowest BCUT2D eigenvalue weighted by atomic mass is 10.1. The van der Waals surface area contributed by atoms with E-state index in [2.05, 4.69) is 15.6 Å². The lowest BCUT2D eigenvalue weighted by Crippen LogP contribution is -2.36. The number of benzene rings is 1. The molecule has 5 nitrogen and oxygen atoms in total. The number of hydrogen-bond acceptors (Lipinski definition) is 4. The largest absolute Gasteiger partial charge is 0.383 e. The van der Waals surface area contributed by atoms with E-state index in [-0.39, 0.29) is 11.9 Å². The molecule has 1 aromatic carbocycles. The number of methoxy groups -OCH3 is 1. The van der Waals surface area contributed by atoms with Crippen molar-refractivity contribution in [3.8, 4) is 0 Å². The summed E-state index contributed by atoms with van der Waals surface area (Å²) in [5.74, 6) is -0.0893. The molecule has 1 heterocycles. The predicted molar refractivity (Wildman–Crippen MR) is 91.5 cm³/mol. The first-order chi connectivity index (χ1) is 11.1. The van der Waals surface area contributed by atoms with Gasteiger partial charge in [-0.2, -0.15) is 0 Å². The van der Waals surface area contributed by atoms with Crippen LogP contribution in [0.3, 0.4) is 0 Å². The number of amides is 1. The van der Waals surface area contributed by atoms with Crippen LogP contribution in [0.2, 0.25) is 0 Å². The van der Waals surface area contributed by atoms with E-state index in [0.29, 0.717) is 18.7 Å². The monoisotopic (exact) mass is 313 g/mol. The van der Waals surface area contributed by atoms with Gasteiger partial charge < -0.3 is 15.4 Å². The SMILES string of the molecule is COC[C@@H](C)NC(=O)c1cccc(NCc2ccccn2)c1C. The lowest BCUT2D eigenvalue weighted by molar-refractivity contribution is 0.0905. The number of ether oxygens (including phenoxy) is 1. The smallest absolute Gasteiger partial charge is 0.251 e. The van der Waals surface area contributed by atoms with Crippen LogP contribution in [0.5, 0.6) is 0 Å². The van der Waals surface area contributed by atoms with Crippen molar-refractivity contribution >= 4 is 11.6 Å². The van der Waals surface area contributed by atoms with E-state index in [1.54, 1.807) is 13.3 Å². The number of nitrogens with one attached hydrogen (secondary N) is 2. The Morgan fingerprint density at radius 1 is 1.26 bits per heavy atom. The van der Waals surface area contributed by atoms with Crippen molar-refractivity contribution in [3.63, 3.8) is 0 Å². The summed E-state index contributed by atoms with van der Waals surface area (Å²) in [6.45, 7) is 4.96. The van der Waals surface area contributed by atoms with Gasteiger partial charge in [0, 0.05) is 30.6 Å². The molecule has 0 saturated heterocycles. The number of anilines is 1. The third-order valence-corrected chi connectivity index (χ3v) is 3.56. The van der Waals surface area contributed by atoms with Gasteiger partial charge in [-0.15, -0.1) is 0 Å². The summed E-state index contributed by atoms with van der Waals surface area (Å²) in [4.78, 5) is 16.7. The molecule has 0 unspecified atom stereocenters. The first-order valence-electron chi connectivity index (χ1n) is 7.65. The third-order valence-electron chi connectivity index (χ3n) is 3.56. The van der Waals surface area contributed by atoms with E-state index in [4.69, 9.17) is 4.74 Å². The Labute approximate surface area is 137 Å². The summed E-state index contributed by atoms with van der Waals surface area (Å²) in [7, 11) is 1.62. The van der Waals surface area contributed by atoms with E-state index in [1.807, 2.05) is 50.2 Å². The molecule has 0 radical (unpaired) electrons. The van der Waals surface area contributed by atoms with Gasteiger partial charge in [0.15, 0.2) is 0 Å². The Hall–Kier alpha value is -2.40. The van der Waals surface area contributed by atoms with Crippen molar-refractivity contribution < 1.29 is 9.53 Å². The van der Waals surface area contributed by atoms with Crippen LogP contribution in [0.15, 0.2) is 42.6 Å². The maximum atomic E-state index is 12.4. The second-order valence-corrected chi connectivity index (χ2v) is 5.48. The fraction of sp³-hybridized carbons (Fsp3) is 0.333. The summed E-state index contributed by atoms with van der Waals surface area (Å²) < 4.78 is 5.05. The van der Waals surface area contributed by atoms with Crippen LogP contribution in [-0.4, -0.2) is 30.6 Å². The first-order valence-corrected chi connectivity index (χ1v) is 7.65. The highest BCUT2D eigenvalue weighted by atomic mass is 16.5. The van der Waals surface area contributed by atoms with Crippen LogP contribution < -0.4 is 10.6 Å². The quantitative estimate of drug-likeness (QED) is 0.825. The summed E-state index contributed by atoms with van der Waals surface area (Å²) in [6.07, 6.45) is 1.77. The molecule has 2 aromatic rings. The van der Waals surface area contributed by atoms with Crippen molar-refractivity contribution in [2.75, 3.05) is 19.0 Å². The van der Waals surface area contributed by atoms with E-state index in [9.17, 15) is 4.79 Å². The predicted octanol–water partition coefficient (Wildman–Crippen LogP) is 2.77. The average molecular weight is 313 g/mol. The molecule has 0 aliphatic carbocycles. The molecule has 0 fully saturated rings. The minimum absolute atomic E-state index is 0.0305. The maximum absolute atomic E-state index is 12.4. The van der Waals surface area contributed by atoms with E-state index >= 15 is 0 Å². The number of rotatable bonds is 7. The van der Waals surface area contributed by atoms with Crippen LogP contribution in [0.1, 0.15) is 28.5 Å². The molecule has 0 aliphatic rings. The minimum atomic E-state index is -0.0893. The van der Waals surface area contributed by atoms with Gasteiger partial charge in [-0.1, -0.05) is 12.1 Å². The molecule has 0 saturated carbocycles. The second kappa shape index (κ2) is 8.29. The summed E-state index contributed by atoms with van der Waals surface area (Å²) >= 11 is 0. The molecular formula is C18H23N3O2. The van der Waals surface area contributed by atoms with E-state index in [0.717, 1.165) is 16.9 Å². The Balaban J connectivity index is 2.07. The van der Waals surface area contributed by atoms with Gasteiger partial charge in [0.05, 0.1) is 18.8 Å². The van der Waals surface area contributed by atoms with Gasteiger partial charge in [-0.3, -0.25) is 9.78 Å². The van der Waals surface area contributed by atoms with Crippen LogP contribution in [0, 0.1) is 6.92 Å². The van der Waals surface area contributed by atoms with Crippen LogP contribution >= 0.6 is 0 Å². The number of aromatic nitrogens is 1. The number of carbonyl (C=O) groups excluding carboxylic acids is 1. The van der Waals surface area contributed by atoms with Crippen molar-refractivity contribution in [1.82, 2.24) is 10.3 Å². The highest BCUT2D eigenvalue weighted by Gasteiger charge is 2.13. The Kier molecular flexibility index (Phi) is 6.11. The molecule has 0 bridgehead atoms. The van der Waals surface area contributed by atoms with Crippen LogP contribution in [0.25, 0.3) is 0 Å². The Morgan fingerprint density at radius 2 is 2.09 bits per heavy atom. The fourth-order valence-corrected chi connectivity index (χ4v) is 2.35. The van der Waals surface area contributed by atoms with E-state index in [1.165, 1.54) is 0 Å². The topological polar surface area (TPSA) is 63.2 Å². The van der Waals surface area contributed by atoms with Crippen LogP contribution in [0.4, 0.5) is 5.69 Å². The van der Waals surface area contributed by atoms with Gasteiger partial charge >= 0.3 is 0 Å². The zero-order chi connectivity index (χ0) is 16.7. The molecule has 122 valence electrons. The molecule has 5 heteroatoms. The lowest BCUT2D eigenvalue weighted by Gasteiger charge is -2.16. The molecule has 23 heavy (non-hydrogen) atoms. The highest BCUT2D eigenvalue weighted by molar-refractivity contribution is 5.97. The van der Waals surface area contributed by atoms with Crippen molar-refractivity contribution in [1.29, 1.82) is 0 Å². The zero-order valence-electron chi connectivity index (χ0n) is 13.8. The first kappa shape index (κ1) is 17.0. The van der Waals surface area contributed by atoms with Crippen LogP contribution in [-0.2, 0) is 11.3 Å². The van der Waals surface area contributed by atoms with Crippen molar-refractivity contribution in [3.05, 3.63) is 59.4 Å². The number of nitrogens with zero attached hydrogens (tertiary/aromatic N) is 1. The maximum Gasteiger partial charge on any atom is 0.251 e.